The predicted molar refractivity (Wildman–Crippen MR) is 50.9 cm³/mol. The molecule has 0 radical (unpaired) electrons. The van der Waals surface area contributed by atoms with Gasteiger partial charge in [0.15, 0.2) is 0 Å². The Morgan fingerprint density at radius 1 is 1.00 bits per heavy atom. The molecule has 0 amide bonds. The zero-order chi connectivity index (χ0) is 3.58. The molecule has 3 heteroatoms. The van der Waals surface area contributed by atoms with Crippen LogP contribution in [-0.2, 0) is 0 Å². The first kappa shape index (κ1) is 23.3. The van der Waals surface area contributed by atoms with Crippen molar-refractivity contribution in [3.8, 4) is 0 Å². The minimum absolute atomic E-state index is 0. The average Bonchev–Trinajstić information content (AvgIpc) is 0.811. The van der Waals surface area contributed by atoms with Crippen molar-refractivity contribution >= 4 is 55.8 Å². The van der Waals surface area contributed by atoms with Crippen LogP contribution in [0.15, 0.2) is 0 Å². The summed E-state index contributed by atoms with van der Waals surface area (Å²) in [5.74, 6) is 0. The molecule has 0 saturated carbocycles. The number of rotatable bonds is 0. The Morgan fingerprint density at radius 3 is 1.00 bits per heavy atom. The maximum atomic E-state index is 2.27. The minimum atomic E-state index is 0. The first-order valence-corrected chi connectivity index (χ1v) is 4.50. The monoisotopic (exact) mass is 240 g/mol. The predicted octanol–water partition coefficient (Wildman–Crippen LogP) is 2.06. The summed E-state index contributed by atoms with van der Waals surface area (Å²) in [4.78, 5) is 0. The Bertz CT molecular complexity index is 16.4. The Hall–Kier alpha value is 1.71. The molecule has 0 rings (SSSR count). The Labute approximate surface area is 82.2 Å². The van der Waals surface area contributed by atoms with Gasteiger partial charge in [-0.25, -0.2) is 0 Å². The fourth-order valence-electron chi connectivity index (χ4n) is 0. The minimum Gasteiger partial charge on any atom is -0.358 e. The van der Waals surface area contributed by atoms with Crippen LogP contribution in [0.25, 0.3) is 0 Å². The second-order valence-electron chi connectivity index (χ2n) is 1.50. The van der Waals surface area contributed by atoms with Gasteiger partial charge in [-0.2, -0.15) is 19.6 Å². The van der Waals surface area contributed by atoms with Crippen molar-refractivity contribution < 1.29 is 0 Å². The molecule has 0 spiro atoms. The number of hydrogen-bond acceptors (Lipinski definition) is 0. The third-order valence-corrected chi connectivity index (χ3v) is 0. The van der Waals surface area contributed by atoms with Crippen molar-refractivity contribution in [3.05, 3.63) is 7.43 Å². The molecule has 0 aromatic heterocycles. The molecule has 0 unspecified atom stereocenters. The van der Waals surface area contributed by atoms with Crippen LogP contribution in [0.2, 0.25) is 19.6 Å². The van der Waals surface area contributed by atoms with Crippen molar-refractivity contribution in [2.24, 2.45) is 0 Å². The summed E-state index contributed by atoms with van der Waals surface area (Å²) < 4.78 is 0. The number of halogens is 1. The molecular formula is C4H13IMgSi. The van der Waals surface area contributed by atoms with E-state index in [0.717, 1.165) is 0 Å². The summed E-state index contributed by atoms with van der Waals surface area (Å²) in [5, 5.41) is 0. The molecule has 42 valence electrons. The molecular weight excluding hydrogens is 227 g/mol. The van der Waals surface area contributed by atoms with Crippen LogP contribution in [-0.4, -0.2) is 31.8 Å². The van der Waals surface area contributed by atoms with Gasteiger partial charge in [0.1, 0.15) is 0 Å². The molecule has 0 atom stereocenters. The van der Waals surface area contributed by atoms with Crippen molar-refractivity contribution in [3.63, 3.8) is 0 Å². The van der Waals surface area contributed by atoms with Gasteiger partial charge in [-0.05, 0) is 0 Å². The van der Waals surface area contributed by atoms with Gasteiger partial charge >= 0.3 is 23.1 Å². The van der Waals surface area contributed by atoms with E-state index < -0.39 is 0 Å². The van der Waals surface area contributed by atoms with Crippen molar-refractivity contribution in [1.29, 1.82) is 0 Å². The Morgan fingerprint density at radius 2 is 1.00 bits per heavy atom. The molecule has 0 saturated heterocycles. The fourth-order valence-corrected chi connectivity index (χ4v) is 0. The van der Waals surface area contributed by atoms with Crippen molar-refractivity contribution in [1.82, 2.24) is 0 Å². The number of hydrogen-bond donors (Lipinski definition) is 0. The van der Waals surface area contributed by atoms with Gasteiger partial charge in [0.05, 0.1) is 0 Å². The van der Waals surface area contributed by atoms with Gasteiger partial charge in [-0.15, -0.1) is 24.0 Å². The van der Waals surface area contributed by atoms with E-state index in [4.69, 9.17) is 0 Å². The standard InChI is InChI=1S/C3H9Si.CH3.HI.Mg/c1-4(2)3;;;/h1-3H3;1H3;1H;/q2*-1;;+2. The summed E-state index contributed by atoms with van der Waals surface area (Å²) in [7, 11) is 0.120. The van der Waals surface area contributed by atoms with E-state index in [9.17, 15) is 0 Å². The Balaban J connectivity index is -0.0000000150. The first-order valence-electron chi connectivity index (χ1n) is 1.50. The van der Waals surface area contributed by atoms with Crippen LogP contribution in [0, 0.1) is 7.43 Å². The molecule has 7 heavy (non-hydrogen) atoms. The fraction of sp³-hybridized carbons (Fsp3) is 0.750. The van der Waals surface area contributed by atoms with Crippen molar-refractivity contribution in [2.75, 3.05) is 0 Å². The Kier molecular flexibility index (Phi) is 52.2. The summed E-state index contributed by atoms with van der Waals surface area (Å²) in [6, 6.07) is 0. The molecule has 0 fully saturated rings. The van der Waals surface area contributed by atoms with Gasteiger partial charge < -0.3 is 7.43 Å². The maximum absolute atomic E-state index is 2.27. The smallest absolute Gasteiger partial charge is 0.358 e. The van der Waals surface area contributed by atoms with Gasteiger partial charge in [-0.1, -0.05) is 0 Å². The topological polar surface area (TPSA) is 0 Å². The molecule has 0 aliphatic rings. The van der Waals surface area contributed by atoms with E-state index in [1.165, 1.54) is 0 Å². The molecule has 0 heterocycles. The first-order chi connectivity index (χ1) is 1.73. The third-order valence-electron chi connectivity index (χ3n) is 0. The molecule has 0 nitrogen and oxygen atoms in total. The SMILES string of the molecule is C[Si-](C)C.I.[CH3-].[Mg+2]. The quantitative estimate of drug-likeness (QED) is 0.345. The van der Waals surface area contributed by atoms with Gasteiger partial charge in [0.25, 0.3) is 0 Å². The van der Waals surface area contributed by atoms with E-state index in [2.05, 4.69) is 19.6 Å². The third kappa shape index (κ3) is 85.8. The van der Waals surface area contributed by atoms with Gasteiger partial charge in [0, 0.05) is 0 Å². The maximum Gasteiger partial charge on any atom is 2.00 e. The average molecular weight is 240 g/mol. The van der Waals surface area contributed by atoms with Crippen molar-refractivity contribution in [2.45, 2.75) is 19.6 Å². The summed E-state index contributed by atoms with van der Waals surface area (Å²) in [5.41, 5.74) is 0. The van der Waals surface area contributed by atoms with E-state index >= 15 is 0 Å². The largest absolute Gasteiger partial charge is 2.00 e. The van der Waals surface area contributed by atoms with Gasteiger partial charge in [-0.3, -0.25) is 8.80 Å². The summed E-state index contributed by atoms with van der Waals surface area (Å²) in [6.07, 6.45) is 0. The molecule has 0 aliphatic carbocycles. The van der Waals surface area contributed by atoms with Crippen LogP contribution >= 0.6 is 24.0 Å². The van der Waals surface area contributed by atoms with Crippen LogP contribution < -0.4 is 0 Å². The zero-order valence-electron chi connectivity index (χ0n) is 5.62. The summed E-state index contributed by atoms with van der Waals surface area (Å²) in [6.45, 7) is 6.81. The van der Waals surface area contributed by atoms with E-state index in [-0.39, 0.29) is 63.3 Å². The van der Waals surface area contributed by atoms with Crippen LogP contribution in [0.5, 0.6) is 0 Å². The van der Waals surface area contributed by atoms with Crippen LogP contribution in [0.4, 0.5) is 0 Å². The normalized spacial score (nSPS) is 5.14. The van der Waals surface area contributed by atoms with E-state index in [1.807, 2.05) is 0 Å². The molecule has 0 bridgehead atoms. The van der Waals surface area contributed by atoms with Gasteiger partial charge in [0.2, 0.25) is 0 Å². The van der Waals surface area contributed by atoms with E-state index in [1.54, 1.807) is 0 Å². The molecule has 0 aliphatic heterocycles. The second-order valence-corrected chi connectivity index (χ2v) is 4.50. The molecule has 0 aromatic carbocycles. The zero-order valence-corrected chi connectivity index (χ0v) is 10.4. The second kappa shape index (κ2) is 15.6. The molecule has 0 aromatic rings. The van der Waals surface area contributed by atoms with E-state index in [0.29, 0.717) is 0 Å². The van der Waals surface area contributed by atoms with Crippen LogP contribution in [0.3, 0.4) is 0 Å². The van der Waals surface area contributed by atoms with Crippen LogP contribution in [0.1, 0.15) is 0 Å². The molecule has 0 N–H and O–H groups in total. The summed E-state index contributed by atoms with van der Waals surface area (Å²) >= 11 is 0.